The summed E-state index contributed by atoms with van der Waals surface area (Å²) >= 11 is 0. The van der Waals surface area contributed by atoms with Crippen LogP contribution >= 0.6 is 0 Å². The highest BCUT2D eigenvalue weighted by molar-refractivity contribution is 6.14. The number of benzene rings is 9. The lowest BCUT2D eigenvalue weighted by molar-refractivity contribution is 1.07. The van der Waals surface area contributed by atoms with E-state index < -0.39 is 0 Å². The predicted octanol–water partition coefficient (Wildman–Crippen LogP) is 14.6. The van der Waals surface area contributed by atoms with E-state index in [9.17, 15) is 2.74 Å². The summed E-state index contributed by atoms with van der Waals surface area (Å²) in [6.07, 6.45) is 0. The zero-order chi connectivity index (χ0) is 44.0. The maximum atomic E-state index is 9.41. The van der Waals surface area contributed by atoms with E-state index in [0.717, 1.165) is 66.7 Å². The average Bonchev–Trinajstić information content (AvgIpc) is 3.74. The second kappa shape index (κ2) is 15.5. The highest BCUT2D eigenvalue weighted by atomic mass is 15.0. The molecule has 61 heavy (non-hydrogen) atoms. The predicted molar refractivity (Wildman–Crippen MR) is 252 cm³/mol. The molecule has 2 aromatic heterocycles. The van der Waals surface area contributed by atoms with Gasteiger partial charge in [-0.25, -0.2) is 15.0 Å². The maximum Gasteiger partial charge on any atom is 0.164 e. The van der Waals surface area contributed by atoms with Crippen LogP contribution in [0.5, 0.6) is 0 Å². The number of hydrogen-bond acceptors (Lipinski definition) is 3. The third-order valence-corrected chi connectivity index (χ3v) is 11.2. The van der Waals surface area contributed by atoms with Crippen LogP contribution in [-0.2, 0) is 0 Å². The van der Waals surface area contributed by atoms with Crippen LogP contribution in [0.1, 0.15) is 5.48 Å². The Morgan fingerprint density at radius 1 is 0.328 bits per heavy atom. The van der Waals surface area contributed by atoms with E-state index in [-0.39, 0.29) is 24.2 Å². The monoisotopic (exact) mass is 782 g/mol. The molecule has 4 nitrogen and oxygen atoms in total. The second-order valence-corrected chi connectivity index (χ2v) is 15.0. The second-order valence-electron chi connectivity index (χ2n) is 15.0. The zero-order valence-electron chi connectivity index (χ0n) is 36.9. The minimum atomic E-state index is -0.297. The van der Waals surface area contributed by atoms with E-state index in [1.807, 2.05) is 138 Å². The van der Waals surface area contributed by atoms with Gasteiger partial charge in [0.25, 0.3) is 0 Å². The third-order valence-electron chi connectivity index (χ3n) is 11.2. The molecule has 0 amide bonds. The normalized spacial score (nSPS) is 12.2. The smallest absolute Gasteiger partial charge is 0.164 e. The highest BCUT2D eigenvalue weighted by Crippen LogP contribution is 2.41. The van der Waals surface area contributed by atoms with Gasteiger partial charge in [-0.05, 0) is 75.3 Å². The van der Waals surface area contributed by atoms with E-state index in [1.165, 1.54) is 0 Å². The van der Waals surface area contributed by atoms with E-state index in [2.05, 4.69) is 72.8 Å². The Labute approximate surface area is 360 Å². The van der Waals surface area contributed by atoms with Gasteiger partial charge in [-0.3, -0.25) is 0 Å². The van der Waals surface area contributed by atoms with Crippen LogP contribution in [0.25, 0.3) is 106 Å². The van der Waals surface area contributed by atoms with Gasteiger partial charge in [-0.2, -0.15) is 0 Å². The van der Waals surface area contributed by atoms with Gasteiger partial charge in [-0.1, -0.05) is 194 Å². The van der Waals surface area contributed by atoms with Gasteiger partial charge in [0.15, 0.2) is 17.5 Å². The molecule has 0 fully saturated rings. The lowest BCUT2D eigenvalue weighted by Gasteiger charge is -2.15. The van der Waals surface area contributed by atoms with Gasteiger partial charge >= 0.3 is 0 Å². The summed E-state index contributed by atoms with van der Waals surface area (Å²) in [5.41, 5.74) is 12.5. The van der Waals surface area contributed by atoms with Crippen molar-refractivity contribution in [3.05, 3.63) is 230 Å². The Balaban J connectivity index is 1.14. The van der Waals surface area contributed by atoms with Gasteiger partial charge < -0.3 is 4.57 Å². The molecule has 0 aliphatic heterocycles. The fourth-order valence-corrected chi connectivity index (χ4v) is 8.21. The molecular formula is C57H38N4. The van der Waals surface area contributed by atoms with E-state index in [4.69, 9.17) is 17.7 Å². The molecule has 0 atom stereocenters. The fourth-order valence-electron chi connectivity index (χ4n) is 8.21. The minimum Gasteiger partial charge on any atom is -0.309 e. The van der Waals surface area contributed by atoms with Crippen LogP contribution in [0, 0.1) is 0 Å². The summed E-state index contributed by atoms with van der Waals surface area (Å²) in [6, 6.07) is 68.7. The molecule has 0 radical (unpaired) electrons. The Kier molecular flexibility index (Phi) is 8.07. The Morgan fingerprint density at radius 3 is 1.38 bits per heavy atom. The molecule has 0 N–H and O–H groups in total. The minimum absolute atomic E-state index is 0.0889. The quantitative estimate of drug-likeness (QED) is 0.154. The van der Waals surface area contributed by atoms with E-state index >= 15 is 0 Å². The summed E-state index contributed by atoms with van der Waals surface area (Å²) in [4.78, 5) is 15.1. The molecule has 0 aliphatic rings. The van der Waals surface area contributed by atoms with Crippen LogP contribution in [0.3, 0.4) is 0 Å². The largest absolute Gasteiger partial charge is 0.309 e. The number of rotatable bonds is 8. The lowest BCUT2D eigenvalue weighted by Crippen LogP contribution is -2.01. The van der Waals surface area contributed by atoms with Crippen molar-refractivity contribution in [3.63, 3.8) is 0 Å². The molecular weight excluding hydrogens is 741 g/mol. The van der Waals surface area contributed by atoms with Crippen LogP contribution in [-0.4, -0.2) is 19.5 Å². The fraction of sp³-hybridized carbons (Fsp3) is 0. The summed E-state index contributed by atoms with van der Waals surface area (Å²) in [5.74, 6) is 1.53. The number of nitrogens with zero attached hydrogens (tertiary/aromatic N) is 4. The molecule has 286 valence electrons. The van der Waals surface area contributed by atoms with E-state index in [1.54, 1.807) is 0 Å². The summed E-state index contributed by atoms with van der Waals surface area (Å²) < 4.78 is 38.3. The van der Waals surface area contributed by atoms with Crippen molar-refractivity contribution in [1.82, 2.24) is 19.5 Å². The number of aromatic nitrogens is 4. The molecule has 0 unspecified atom stereocenters. The van der Waals surface area contributed by atoms with Crippen molar-refractivity contribution in [2.45, 2.75) is 0 Å². The average molecular weight is 783 g/mol. The Morgan fingerprint density at radius 2 is 0.770 bits per heavy atom. The molecule has 0 spiro atoms. The highest BCUT2D eigenvalue weighted by Gasteiger charge is 2.19. The van der Waals surface area contributed by atoms with Gasteiger partial charge in [0.1, 0.15) is 0 Å². The molecule has 0 bridgehead atoms. The van der Waals surface area contributed by atoms with Gasteiger partial charge in [0.05, 0.1) is 16.5 Å². The summed E-state index contributed by atoms with van der Waals surface area (Å²) in [7, 11) is 0. The zero-order valence-corrected chi connectivity index (χ0v) is 32.9. The van der Waals surface area contributed by atoms with Crippen molar-refractivity contribution in [3.8, 4) is 84.4 Å². The van der Waals surface area contributed by atoms with Crippen LogP contribution in [0.2, 0.25) is 0 Å². The number of para-hydroxylation sites is 2. The molecule has 0 aliphatic carbocycles. The lowest BCUT2D eigenvalue weighted by atomic mass is 9.92. The Bertz CT molecular complexity index is 3500. The van der Waals surface area contributed by atoms with Crippen molar-refractivity contribution in [2.24, 2.45) is 0 Å². The summed E-state index contributed by atoms with van der Waals surface area (Å²) in [5, 5.41) is 1.17. The number of fused-ring (bicyclic) bond motifs is 3. The Hall–Kier alpha value is -8.21. The van der Waals surface area contributed by atoms with Crippen LogP contribution in [0.4, 0.5) is 0 Å². The third kappa shape index (κ3) is 6.86. The topological polar surface area (TPSA) is 43.6 Å². The standard InChI is InChI=1S/C57H38N4/c1-5-17-39(18-6-1)42-31-33-44(34-32-42)56-58-55(43-23-11-4-12-24-43)59-57(60-56)45-25-15-26-49(38-45)61-53-30-14-13-27-51(53)52-29-16-28-50(54(52)61)48-36-46(40-19-7-2-8-20-40)35-47(37-48)41-21-9-3-10-22-41/h1-38H/i13D,14D,27D,30D. The maximum absolute atomic E-state index is 9.41. The molecule has 11 rings (SSSR count). The molecule has 2 heterocycles. The van der Waals surface area contributed by atoms with Crippen LogP contribution in [0.15, 0.2) is 230 Å². The molecule has 9 aromatic carbocycles. The van der Waals surface area contributed by atoms with Crippen molar-refractivity contribution in [1.29, 1.82) is 0 Å². The first-order valence-corrected chi connectivity index (χ1v) is 20.3. The number of hydrogen-bond donors (Lipinski definition) is 0. The van der Waals surface area contributed by atoms with Gasteiger partial charge in [0, 0.05) is 38.7 Å². The first-order valence-electron chi connectivity index (χ1n) is 22.3. The first kappa shape index (κ1) is 31.7. The van der Waals surface area contributed by atoms with E-state index in [0.29, 0.717) is 39.4 Å². The molecule has 0 saturated carbocycles. The molecule has 0 saturated heterocycles. The van der Waals surface area contributed by atoms with Crippen molar-refractivity contribution >= 4 is 21.8 Å². The first-order chi connectivity index (χ1) is 31.9. The van der Waals surface area contributed by atoms with Crippen molar-refractivity contribution in [2.75, 3.05) is 0 Å². The molecule has 4 heteroatoms. The summed E-state index contributed by atoms with van der Waals surface area (Å²) in [6.45, 7) is 0. The molecule has 11 aromatic rings. The van der Waals surface area contributed by atoms with Gasteiger partial charge in [-0.15, -0.1) is 0 Å². The van der Waals surface area contributed by atoms with Crippen LogP contribution < -0.4 is 0 Å². The van der Waals surface area contributed by atoms with Crippen molar-refractivity contribution < 1.29 is 5.48 Å². The van der Waals surface area contributed by atoms with Gasteiger partial charge in [0.2, 0.25) is 0 Å². The SMILES string of the molecule is [2H]c1c([2H])c([2H])c2c(c1[2H])c1cccc(-c3cc(-c4ccccc4)cc(-c4ccccc4)c3)c1n2-c1cccc(-c2nc(-c3ccccc3)nc(-c3ccc(-c4ccccc4)cc3)n2)c1.